The van der Waals surface area contributed by atoms with E-state index in [4.69, 9.17) is 16.3 Å². The molecule has 0 amide bonds. The highest BCUT2D eigenvalue weighted by molar-refractivity contribution is 7.99. The lowest BCUT2D eigenvalue weighted by Crippen LogP contribution is -2.08. The van der Waals surface area contributed by atoms with Crippen LogP contribution in [0.2, 0.25) is 5.15 Å². The molecule has 1 aliphatic heterocycles. The van der Waals surface area contributed by atoms with Gasteiger partial charge in [0.25, 0.3) is 0 Å². The van der Waals surface area contributed by atoms with Crippen LogP contribution in [0.5, 0.6) is 0 Å². The number of thioether (sulfide) groups is 1. The summed E-state index contributed by atoms with van der Waals surface area (Å²) in [7, 11) is 0. The molecule has 0 saturated carbocycles. The van der Waals surface area contributed by atoms with E-state index in [1.54, 1.807) is 11.8 Å². The highest BCUT2D eigenvalue weighted by atomic mass is 35.5. The molecular formula is C11H15ClN2OS. The number of aromatic nitrogens is 2. The van der Waals surface area contributed by atoms with Gasteiger partial charge in [0.05, 0.1) is 6.10 Å². The molecule has 0 radical (unpaired) electrons. The zero-order valence-electron chi connectivity index (χ0n) is 9.28. The minimum absolute atomic E-state index is 0.378. The fourth-order valence-corrected chi connectivity index (χ4v) is 3.21. The summed E-state index contributed by atoms with van der Waals surface area (Å²) in [6.45, 7) is 2.97. The summed E-state index contributed by atoms with van der Waals surface area (Å²) in [5.74, 6) is 0.959. The van der Waals surface area contributed by atoms with Crippen molar-refractivity contribution in [1.29, 1.82) is 0 Å². The molecule has 5 heteroatoms. The molecule has 1 fully saturated rings. The first-order chi connectivity index (χ1) is 7.81. The maximum atomic E-state index is 6.03. The van der Waals surface area contributed by atoms with E-state index in [2.05, 4.69) is 16.9 Å². The van der Waals surface area contributed by atoms with Crippen molar-refractivity contribution in [2.75, 3.05) is 12.4 Å². The number of halogens is 1. The SMILES string of the molecule is CCc1c(Cl)ncnc1SCC1CCCO1. The van der Waals surface area contributed by atoms with E-state index >= 15 is 0 Å². The minimum Gasteiger partial charge on any atom is -0.377 e. The maximum absolute atomic E-state index is 6.03. The molecule has 1 unspecified atom stereocenters. The van der Waals surface area contributed by atoms with Gasteiger partial charge in [-0.3, -0.25) is 0 Å². The minimum atomic E-state index is 0.378. The molecule has 2 heterocycles. The quantitative estimate of drug-likeness (QED) is 0.614. The molecule has 0 aliphatic carbocycles. The second-order valence-electron chi connectivity index (χ2n) is 3.75. The van der Waals surface area contributed by atoms with E-state index in [-0.39, 0.29) is 0 Å². The van der Waals surface area contributed by atoms with Gasteiger partial charge in [0.2, 0.25) is 0 Å². The smallest absolute Gasteiger partial charge is 0.136 e. The number of hydrogen-bond donors (Lipinski definition) is 0. The fourth-order valence-electron chi connectivity index (χ4n) is 1.75. The van der Waals surface area contributed by atoms with E-state index in [0.717, 1.165) is 35.8 Å². The van der Waals surface area contributed by atoms with Crippen molar-refractivity contribution in [1.82, 2.24) is 9.97 Å². The van der Waals surface area contributed by atoms with E-state index in [0.29, 0.717) is 11.3 Å². The van der Waals surface area contributed by atoms with Crippen LogP contribution in [0.25, 0.3) is 0 Å². The van der Waals surface area contributed by atoms with Gasteiger partial charge in [-0.2, -0.15) is 0 Å². The van der Waals surface area contributed by atoms with Gasteiger partial charge in [-0.1, -0.05) is 18.5 Å². The van der Waals surface area contributed by atoms with Gasteiger partial charge in [-0.25, -0.2) is 9.97 Å². The average Bonchev–Trinajstić information content (AvgIpc) is 2.79. The second-order valence-corrected chi connectivity index (χ2v) is 5.11. The van der Waals surface area contributed by atoms with Gasteiger partial charge in [-0.15, -0.1) is 11.8 Å². The summed E-state index contributed by atoms with van der Waals surface area (Å²) in [6.07, 6.45) is 5.11. The van der Waals surface area contributed by atoms with Crippen LogP contribution in [0.15, 0.2) is 11.4 Å². The Kier molecular flexibility index (Phi) is 4.44. The number of hydrogen-bond acceptors (Lipinski definition) is 4. The Morgan fingerprint density at radius 3 is 3.12 bits per heavy atom. The van der Waals surface area contributed by atoms with Crippen LogP contribution < -0.4 is 0 Å². The summed E-state index contributed by atoms with van der Waals surface area (Å²) in [5, 5.41) is 1.57. The van der Waals surface area contributed by atoms with E-state index in [9.17, 15) is 0 Å². The Morgan fingerprint density at radius 2 is 2.44 bits per heavy atom. The Morgan fingerprint density at radius 1 is 1.56 bits per heavy atom. The van der Waals surface area contributed by atoms with Crippen molar-refractivity contribution in [2.45, 2.75) is 37.3 Å². The summed E-state index contributed by atoms with van der Waals surface area (Å²) in [6, 6.07) is 0. The van der Waals surface area contributed by atoms with Crippen molar-refractivity contribution >= 4 is 23.4 Å². The molecule has 16 heavy (non-hydrogen) atoms. The predicted octanol–water partition coefficient (Wildman–Crippen LogP) is 2.96. The molecule has 1 aromatic heterocycles. The third-order valence-corrected chi connectivity index (χ3v) is 4.13. The molecule has 2 rings (SSSR count). The second kappa shape index (κ2) is 5.84. The van der Waals surface area contributed by atoms with Crippen LogP contribution in [0.4, 0.5) is 0 Å². The van der Waals surface area contributed by atoms with Crippen LogP contribution >= 0.6 is 23.4 Å². The lowest BCUT2D eigenvalue weighted by Gasteiger charge is -2.10. The first kappa shape index (κ1) is 12.1. The fraction of sp³-hybridized carbons (Fsp3) is 0.636. The predicted molar refractivity (Wildman–Crippen MR) is 66.1 cm³/mol. The maximum Gasteiger partial charge on any atom is 0.136 e. The average molecular weight is 259 g/mol. The Bertz CT molecular complexity index is 356. The largest absolute Gasteiger partial charge is 0.377 e. The van der Waals surface area contributed by atoms with Gasteiger partial charge in [0.1, 0.15) is 16.5 Å². The molecule has 0 N–H and O–H groups in total. The van der Waals surface area contributed by atoms with Crippen molar-refractivity contribution in [3.05, 3.63) is 17.0 Å². The van der Waals surface area contributed by atoms with Gasteiger partial charge in [0.15, 0.2) is 0 Å². The van der Waals surface area contributed by atoms with Gasteiger partial charge < -0.3 is 4.74 Å². The van der Waals surface area contributed by atoms with Crippen LogP contribution in [0.3, 0.4) is 0 Å². The standard InChI is InChI=1S/C11H15ClN2OS/c1-2-9-10(12)13-7-14-11(9)16-6-8-4-3-5-15-8/h7-8H,2-6H2,1H3. The third-order valence-electron chi connectivity index (χ3n) is 2.64. The first-order valence-corrected chi connectivity index (χ1v) is 6.91. The zero-order valence-corrected chi connectivity index (χ0v) is 10.9. The lowest BCUT2D eigenvalue weighted by atomic mass is 10.3. The van der Waals surface area contributed by atoms with E-state index in [1.165, 1.54) is 12.7 Å². The monoisotopic (exact) mass is 258 g/mol. The van der Waals surface area contributed by atoms with Crippen molar-refractivity contribution in [3.63, 3.8) is 0 Å². The number of rotatable bonds is 4. The summed E-state index contributed by atoms with van der Waals surface area (Å²) in [4.78, 5) is 8.28. The first-order valence-electron chi connectivity index (χ1n) is 5.55. The van der Waals surface area contributed by atoms with Gasteiger partial charge in [-0.05, 0) is 19.3 Å². The molecule has 1 aromatic rings. The molecular weight excluding hydrogens is 244 g/mol. The molecule has 0 bridgehead atoms. The van der Waals surface area contributed by atoms with Crippen molar-refractivity contribution < 1.29 is 4.74 Å². The Hall–Kier alpha value is -0.320. The van der Waals surface area contributed by atoms with Crippen LogP contribution in [-0.2, 0) is 11.2 Å². The van der Waals surface area contributed by atoms with Crippen LogP contribution in [-0.4, -0.2) is 28.4 Å². The summed E-state index contributed by atoms with van der Waals surface area (Å²) < 4.78 is 5.58. The number of nitrogens with zero attached hydrogens (tertiary/aromatic N) is 2. The lowest BCUT2D eigenvalue weighted by molar-refractivity contribution is 0.129. The molecule has 88 valence electrons. The van der Waals surface area contributed by atoms with Crippen molar-refractivity contribution in [2.24, 2.45) is 0 Å². The van der Waals surface area contributed by atoms with Crippen molar-refractivity contribution in [3.8, 4) is 0 Å². The highest BCUT2D eigenvalue weighted by Gasteiger charge is 2.17. The van der Waals surface area contributed by atoms with E-state index in [1.807, 2.05) is 0 Å². The molecule has 0 spiro atoms. The van der Waals surface area contributed by atoms with Gasteiger partial charge >= 0.3 is 0 Å². The zero-order chi connectivity index (χ0) is 11.4. The van der Waals surface area contributed by atoms with Crippen LogP contribution in [0.1, 0.15) is 25.3 Å². The molecule has 1 atom stereocenters. The third kappa shape index (κ3) is 2.87. The summed E-state index contributed by atoms with van der Waals surface area (Å²) >= 11 is 7.75. The molecule has 1 aliphatic rings. The summed E-state index contributed by atoms with van der Waals surface area (Å²) in [5.41, 5.74) is 1.05. The molecule has 1 saturated heterocycles. The van der Waals surface area contributed by atoms with E-state index < -0.39 is 0 Å². The van der Waals surface area contributed by atoms with Crippen LogP contribution in [0, 0.1) is 0 Å². The topological polar surface area (TPSA) is 35.0 Å². The number of ether oxygens (including phenoxy) is 1. The molecule has 0 aromatic carbocycles. The Balaban J connectivity index is 2.00. The van der Waals surface area contributed by atoms with Gasteiger partial charge in [0, 0.05) is 17.9 Å². The highest BCUT2D eigenvalue weighted by Crippen LogP contribution is 2.27. The normalized spacial score (nSPS) is 20.2. The Labute approximate surface area is 105 Å². The molecule has 3 nitrogen and oxygen atoms in total.